The zero-order chi connectivity index (χ0) is 13.8. The smallest absolute Gasteiger partial charge is 0.312 e. The minimum Gasteiger partial charge on any atom is -0.478 e. The molecule has 0 saturated heterocycles. The van der Waals surface area contributed by atoms with Crippen LogP contribution >= 0.6 is 22.9 Å². The van der Waals surface area contributed by atoms with Crippen LogP contribution in [0, 0.1) is 10.1 Å². The Hall–Kier alpha value is -1.93. The number of halogens is 1. The van der Waals surface area contributed by atoms with Crippen molar-refractivity contribution in [2.45, 2.75) is 6.61 Å². The van der Waals surface area contributed by atoms with Crippen LogP contribution in [0.25, 0.3) is 0 Å². The fourth-order valence-corrected chi connectivity index (χ4v) is 2.16. The molecule has 0 saturated carbocycles. The second kappa shape index (κ2) is 5.81. The molecule has 1 heterocycles. The van der Waals surface area contributed by atoms with Gasteiger partial charge in [0, 0.05) is 13.1 Å². The summed E-state index contributed by atoms with van der Waals surface area (Å²) in [7, 11) is 1.73. The van der Waals surface area contributed by atoms with Crippen LogP contribution < -0.4 is 10.1 Å². The Labute approximate surface area is 117 Å². The minimum absolute atomic E-state index is 0.0374. The first-order valence-corrected chi connectivity index (χ1v) is 6.37. The molecule has 2 aromatic rings. The highest BCUT2D eigenvalue weighted by atomic mass is 35.5. The van der Waals surface area contributed by atoms with Crippen molar-refractivity contribution in [1.82, 2.24) is 10.2 Å². The lowest BCUT2D eigenvalue weighted by molar-refractivity contribution is -0.385. The van der Waals surface area contributed by atoms with Gasteiger partial charge in [0.25, 0.3) is 0 Å². The number of anilines is 1. The number of nitrogens with one attached hydrogen (secondary N) is 1. The summed E-state index contributed by atoms with van der Waals surface area (Å²) in [6.07, 6.45) is 0. The van der Waals surface area contributed by atoms with Gasteiger partial charge in [-0.2, -0.15) is 0 Å². The van der Waals surface area contributed by atoms with Crippen LogP contribution in [-0.2, 0) is 6.61 Å². The summed E-state index contributed by atoms with van der Waals surface area (Å²) in [5, 5.41) is 22.8. The average molecular weight is 301 g/mol. The lowest BCUT2D eigenvalue weighted by Crippen LogP contribution is -1.99. The zero-order valence-corrected chi connectivity index (χ0v) is 11.4. The van der Waals surface area contributed by atoms with Crippen LogP contribution in [0.15, 0.2) is 18.2 Å². The molecule has 2 rings (SSSR count). The van der Waals surface area contributed by atoms with Crippen molar-refractivity contribution in [2.75, 3.05) is 12.4 Å². The van der Waals surface area contributed by atoms with Crippen LogP contribution in [0.5, 0.6) is 5.75 Å². The third-order valence-corrected chi connectivity index (χ3v) is 3.38. The van der Waals surface area contributed by atoms with E-state index in [2.05, 4.69) is 15.5 Å². The van der Waals surface area contributed by atoms with Crippen LogP contribution in [0.2, 0.25) is 5.02 Å². The number of nitro benzene ring substituents is 1. The fourth-order valence-electron chi connectivity index (χ4n) is 1.33. The van der Waals surface area contributed by atoms with Crippen LogP contribution in [0.3, 0.4) is 0 Å². The van der Waals surface area contributed by atoms with Gasteiger partial charge >= 0.3 is 5.69 Å². The van der Waals surface area contributed by atoms with Crippen molar-refractivity contribution < 1.29 is 9.66 Å². The molecule has 0 unspecified atom stereocenters. The number of hydrogen-bond acceptors (Lipinski definition) is 7. The maximum Gasteiger partial charge on any atom is 0.312 e. The third-order valence-electron chi connectivity index (χ3n) is 2.16. The van der Waals surface area contributed by atoms with Gasteiger partial charge in [-0.25, -0.2) is 0 Å². The van der Waals surface area contributed by atoms with Gasteiger partial charge in [-0.1, -0.05) is 29.0 Å². The van der Waals surface area contributed by atoms with Crippen molar-refractivity contribution in [1.29, 1.82) is 0 Å². The summed E-state index contributed by atoms with van der Waals surface area (Å²) in [5.74, 6) is 0.0374. The van der Waals surface area contributed by atoms with E-state index in [4.69, 9.17) is 16.3 Å². The molecule has 0 aliphatic carbocycles. The Balaban J connectivity index is 2.17. The molecule has 9 heteroatoms. The first kappa shape index (κ1) is 13.5. The van der Waals surface area contributed by atoms with E-state index in [9.17, 15) is 10.1 Å². The molecule has 0 fully saturated rings. The third kappa shape index (κ3) is 3.09. The summed E-state index contributed by atoms with van der Waals surface area (Å²) < 4.78 is 5.38. The molecule has 1 N–H and O–H groups in total. The molecule has 0 radical (unpaired) electrons. The maximum atomic E-state index is 10.9. The lowest BCUT2D eigenvalue weighted by atomic mass is 10.3. The van der Waals surface area contributed by atoms with E-state index < -0.39 is 4.92 Å². The molecule has 19 heavy (non-hydrogen) atoms. The molecular formula is C10H9ClN4O3S. The second-order valence-electron chi connectivity index (χ2n) is 3.38. The van der Waals surface area contributed by atoms with Gasteiger partial charge < -0.3 is 10.1 Å². The lowest BCUT2D eigenvalue weighted by Gasteiger charge is -2.06. The van der Waals surface area contributed by atoms with E-state index >= 15 is 0 Å². The molecule has 0 atom stereocenters. The van der Waals surface area contributed by atoms with E-state index in [1.807, 2.05) is 0 Å². The van der Waals surface area contributed by atoms with E-state index in [1.54, 1.807) is 7.05 Å². The van der Waals surface area contributed by atoms with Crippen molar-refractivity contribution in [3.8, 4) is 5.75 Å². The molecule has 7 nitrogen and oxygen atoms in total. The van der Waals surface area contributed by atoms with Gasteiger partial charge in [0.15, 0.2) is 5.01 Å². The van der Waals surface area contributed by atoms with Crippen molar-refractivity contribution >= 4 is 33.8 Å². The summed E-state index contributed by atoms with van der Waals surface area (Å²) in [5.41, 5.74) is -0.175. The summed E-state index contributed by atoms with van der Waals surface area (Å²) in [4.78, 5) is 10.3. The molecule has 0 aliphatic rings. The van der Waals surface area contributed by atoms with E-state index in [-0.39, 0.29) is 23.1 Å². The van der Waals surface area contributed by atoms with Gasteiger partial charge in [0.1, 0.15) is 6.61 Å². The van der Waals surface area contributed by atoms with Crippen molar-refractivity contribution in [3.63, 3.8) is 0 Å². The first-order chi connectivity index (χ1) is 9.11. The maximum absolute atomic E-state index is 10.9. The second-order valence-corrected chi connectivity index (χ2v) is 4.85. The number of hydrogen-bond donors (Lipinski definition) is 1. The predicted molar refractivity (Wildman–Crippen MR) is 71.9 cm³/mol. The number of nitro groups is 1. The van der Waals surface area contributed by atoms with E-state index in [1.165, 1.54) is 29.5 Å². The van der Waals surface area contributed by atoms with Gasteiger partial charge in [-0.15, -0.1) is 10.2 Å². The molecule has 0 spiro atoms. The number of benzene rings is 1. The Morgan fingerprint density at radius 2 is 2.32 bits per heavy atom. The number of nitrogens with zero attached hydrogens (tertiary/aromatic N) is 3. The fraction of sp³-hybridized carbons (Fsp3) is 0.200. The molecule has 1 aromatic heterocycles. The Morgan fingerprint density at radius 1 is 1.53 bits per heavy atom. The molecule has 0 amide bonds. The molecule has 0 aliphatic heterocycles. The van der Waals surface area contributed by atoms with Crippen molar-refractivity contribution in [2.24, 2.45) is 0 Å². The Kier molecular flexibility index (Phi) is 4.13. The van der Waals surface area contributed by atoms with Crippen LogP contribution in [-0.4, -0.2) is 22.2 Å². The summed E-state index contributed by atoms with van der Waals surface area (Å²) in [6, 6.07) is 4.36. The molecule has 1 aromatic carbocycles. The molecule has 0 bridgehead atoms. The first-order valence-electron chi connectivity index (χ1n) is 5.17. The number of rotatable bonds is 5. The van der Waals surface area contributed by atoms with Crippen LogP contribution in [0.1, 0.15) is 5.01 Å². The van der Waals surface area contributed by atoms with Crippen LogP contribution in [0.4, 0.5) is 10.8 Å². The Morgan fingerprint density at radius 3 is 2.95 bits per heavy atom. The van der Waals surface area contributed by atoms with Gasteiger partial charge in [0.2, 0.25) is 10.9 Å². The molecule has 100 valence electrons. The van der Waals surface area contributed by atoms with Gasteiger partial charge in [-0.3, -0.25) is 10.1 Å². The zero-order valence-electron chi connectivity index (χ0n) is 9.79. The average Bonchev–Trinajstić information content (AvgIpc) is 2.85. The highest BCUT2D eigenvalue weighted by Gasteiger charge is 2.18. The molecular weight excluding hydrogens is 292 g/mol. The number of aromatic nitrogens is 2. The highest BCUT2D eigenvalue weighted by molar-refractivity contribution is 7.15. The SMILES string of the molecule is CNc1nnc(COc2c(Cl)cccc2[N+](=O)[O-])s1. The van der Waals surface area contributed by atoms with Gasteiger partial charge in [-0.05, 0) is 6.07 Å². The standard InChI is InChI=1S/C10H9ClN4O3S/c1-12-10-14-13-8(19-10)5-18-9-6(11)3-2-4-7(9)15(16)17/h2-4H,5H2,1H3,(H,12,14). The monoisotopic (exact) mass is 300 g/mol. The quantitative estimate of drug-likeness (QED) is 0.674. The number of para-hydroxylation sites is 1. The predicted octanol–water partition coefficient (Wildman–Crippen LogP) is 2.72. The summed E-state index contributed by atoms with van der Waals surface area (Å²) >= 11 is 7.20. The topological polar surface area (TPSA) is 90.2 Å². The Bertz CT molecular complexity index is 604. The van der Waals surface area contributed by atoms with E-state index in [0.717, 1.165) is 0 Å². The van der Waals surface area contributed by atoms with Crippen molar-refractivity contribution in [3.05, 3.63) is 38.3 Å². The highest BCUT2D eigenvalue weighted by Crippen LogP contribution is 2.35. The normalized spacial score (nSPS) is 10.2. The van der Waals surface area contributed by atoms with E-state index in [0.29, 0.717) is 10.1 Å². The summed E-state index contributed by atoms with van der Waals surface area (Å²) in [6.45, 7) is 0.0733. The largest absolute Gasteiger partial charge is 0.478 e. The number of ether oxygens (including phenoxy) is 1. The van der Waals surface area contributed by atoms with Gasteiger partial charge in [0.05, 0.1) is 9.95 Å². The minimum atomic E-state index is -0.541.